The second-order valence-electron chi connectivity index (χ2n) is 6.51. The second kappa shape index (κ2) is 7.49. The van der Waals surface area contributed by atoms with Gasteiger partial charge in [0.2, 0.25) is 0 Å². The number of esters is 1. The molecule has 1 amide bonds. The lowest BCUT2D eigenvalue weighted by Crippen LogP contribution is -2.31. The average Bonchev–Trinajstić information content (AvgIpc) is 3.09. The molecule has 140 valence electrons. The minimum Gasteiger partial charge on any atom is -0.507 e. The number of rotatable bonds is 5. The first-order valence-electron chi connectivity index (χ1n) is 8.64. The van der Waals surface area contributed by atoms with Crippen molar-refractivity contribution < 1.29 is 19.4 Å². The summed E-state index contributed by atoms with van der Waals surface area (Å²) in [6.45, 7) is 5.35. The van der Waals surface area contributed by atoms with Crippen LogP contribution in [0.25, 0.3) is 10.8 Å². The maximum absolute atomic E-state index is 12.4. The monoisotopic (exact) mass is 367 g/mol. The van der Waals surface area contributed by atoms with Gasteiger partial charge in [-0.25, -0.2) is 9.48 Å². The highest BCUT2D eigenvalue weighted by Crippen LogP contribution is 2.26. The van der Waals surface area contributed by atoms with Crippen molar-refractivity contribution in [2.24, 2.45) is 0 Å². The number of nitrogens with one attached hydrogen (secondary N) is 1. The number of nitrogens with zero attached hydrogens (tertiary/aromatic N) is 2. The third kappa shape index (κ3) is 3.92. The predicted molar refractivity (Wildman–Crippen MR) is 102 cm³/mol. The maximum Gasteiger partial charge on any atom is 0.342 e. The molecule has 0 aliphatic carbocycles. The molecule has 2 N–H and O–H groups in total. The molecule has 3 aromatic rings. The summed E-state index contributed by atoms with van der Waals surface area (Å²) in [6.07, 6.45) is 0.540. The zero-order valence-corrected chi connectivity index (χ0v) is 15.3. The van der Waals surface area contributed by atoms with Crippen LogP contribution in [-0.4, -0.2) is 32.9 Å². The quantitative estimate of drug-likeness (QED) is 0.673. The first-order valence-corrected chi connectivity index (χ1v) is 8.64. The van der Waals surface area contributed by atoms with E-state index in [1.54, 1.807) is 23.0 Å². The molecule has 2 aromatic carbocycles. The van der Waals surface area contributed by atoms with Crippen LogP contribution in [-0.2, 0) is 9.53 Å². The van der Waals surface area contributed by atoms with Crippen LogP contribution in [0.15, 0.2) is 48.7 Å². The molecule has 0 saturated carbocycles. The number of fused-ring (bicyclic) bond motifs is 1. The molecule has 1 atom stereocenters. The predicted octanol–water partition coefficient (Wildman–Crippen LogP) is 3.51. The Balaban J connectivity index is 1.72. The molecular formula is C20H21N3O4. The number of aromatic nitrogens is 2. The van der Waals surface area contributed by atoms with Gasteiger partial charge in [-0.1, -0.05) is 24.3 Å². The van der Waals surface area contributed by atoms with E-state index in [-0.39, 0.29) is 17.4 Å². The van der Waals surface area contributed by atoms with Gasteiger partial charge < -0.3 is 15.2 Å². The number of carbonyl (C=O) groups excluding carboxylic acids is 2. The summed E-state index contributed by atoms with van der Waals surface area (Å²) in [5, 5.41) is 18.6. The summed E-state index contributed by atoms with van der Waals surface area (Å²) < 4.78 is 6.89. The Morgan fingerprint density at radius 2 is 1.78 bits per heavy atom. The topological polar surface area (TPSA) is 93.5 Å². The fraction of sp³-hybridized carbons (Fsp3) is 0.250. The van der Waals surface area contributed by atoms with Crippen LogP contribution in [0.2, 0.25) is 0 Å². The van der Waals surface area contributed by atoms with Gasteiger partial charge >= 0.3 is 5.97 Å². The summed E-state index contributed by atoms with van der Waals surface area (Å²) in [4.78, 5) is 24.8. The van der Waals surface area contributed by atoms with E-state index in [0.29, 0.717) is 5.82 Å². The summed E-state index contributed by atoms with van der Waals surface area (Å²) in [7, 11) is 0. The van der Waals surface area contributed by atoms with Crippen molar-refractivity contribution in [3.63, 3.8) is 0 Å². The molecule has 0 aliphatic heterocycles. The van der Waals surface area contributed by atoms with Crippen LogP contribution in [0.5, 0.6) is 5.75 Å². The van der Waals surface area contributed by atoms with Crippen molar-refractivity contribution in [2.45, 2.75) is 32.9 Å². The van der Waals surface area contributed by atoms with Crippen LogP contribution in [0.3, 0.4) is 0 Å². The van der Waals surface area contributed by atoms with Crippen molar-refractivity contribution >= 4 is 28.5 Å². The largest absolute Gasteiger partial charge is 0.507 e. The van der Waals surface area contributed by atoms with Crippen molar-refractivity contribution in [1.82, 2.24) is 9.78 Å². The molecular weight excluding hydrogens is 346 g/mol. The van der Waals surface area contributed by atoms with E-state index >= 15 is 0 Å². The number of ether oxygens (including phenoxy) is 1. The Labute approximate surface area is 156 Å². The number of phenolic OH excluding ortho intramolecular Hbond substituents is 1. The standard InChI is InChI=1S/C20H21N3O4/c1-12(2)23-18(8-9-21-23)22-19(25)13(3)27-20(26)16-10-14-6-4-5-7-15(14)11-17(16)24/h4-13,24H,1-3H3,(H,22,25)/t13-/m1/s1. The number of carbonyl (C=O) groups is 2. The molecule has 7 heteroatoms. The highest BCUT2D eigenvalue weighted by atomic mass is 16.5. The molecule has 0 unspecified atom stereocenters. The first kappa shape index (κ1) is 18.4. The Bertz CT molecular complexity index is 994. The van der Waals surface area contributed by atoms with Crippen molar-refractivity contribution in [1.29, 1.82) is 0 Å². The normalized spacial score (nSPS) is 12.1. The minimum atomic E-state index is -1.04. The SMILES string of the molecule is CC(C)n1nccc1NC(=O)[C@@H](C)OC(=O)c1cc2ccccc2cc1O. The van der Waals surface area contributed by atoms with Crippen molar-refractivity contribution in [2.75, 3.05) is 5.32 Å². The Morgan fingerprint density at radius 1 is 1.11 bits per heavy atom. The van der Waals surface area contributed by atoms with Crippen LogP contribution in [0, 0.1) is 0 Å². The smallest absolute Gasteiger partial charge is 0.342 e. The number of hydrogen-bond acceptors (Lipinski definition) is 5. The molecule has 27 heavy (non-hydrogen) atoms. The fourth-order valence-corrected chi connectivity index (χ4v) is 2.72. The van der Waals surface area contributed by atoms with Crippen LogP contribution in [0.4, 0.5) is 5.82 Å². The minimum absolute atomic E-state index is 0.0144. The lowest BCUT2D eigenvalue weighted by atomic mass is 10.1. The van der Waals surface area contributed by atoms with Crippen LogP contribution < -0.4 is 5.32 Å². The van der Waals surface area contributed by atoms with E-state index in [4.69, 9.17) is 4.74 Å². The number of phenols is 1. The lowest BCUT2D eigenvalue weighted by Gasteiger charge is -2.16. The van der Waals surface area contributed by atoms with E-state index in [2.05, 4.69) is 10.4 Å². The number of aromatic hydroxyl groups is 1. The van der Waals surface area contributed by atoms with Gasteiger partial charge in [0.1, 0.15) is 17.1 Å². The van der Waals surface area contributed by atoms with Crippen LogP contribution in [0.1, 0.15) is 37.2 Å². The van der Waals surface area contributed by atoms with Gasteiger partial charge in [-0.3, -0.25) is 4.79 Å². The van der Waals surface area contributed by atoms with Gasteiger partial charge in [0.25, 0.3) is 5.91 Å². The molecule has 0 radical (unpaired) electrons. The maximum atomic E-state index is 12.4. The number of benzene rings is 2. The summed E-state index contributed by atoms with van der Waals surface area (Å²) in [5.74, 6) is -0.917. The van der Waals surface area contributed by atoms with Gasteiger partial charge in [-0.05, 0) is 43.7 Å². The lowest BCUT2D eigenvalue weighted by molar-refractivity contribution is -0.123. The molecule has 1 aromatic heterocycles. The summed E-state index contributed by atoms with van der Waals surface area (Å²) in [5.41, 5.74) is 0.0144. The fourth-order valence-electron chi connectivity index (χ4n) is 2.72. The highest BCUT2D eigenvalue weighted by Gasteiger charge is 2.22. The van der Waals surface area contributed by atoms with Gasteiger partial charge in [0.05, 0.1) is 6.20 Å². The van der Waals surface area contributed by atoms with E-state index in [1.165, 1.54) is 13.0 Å². The Hall–Kier alpha value is -3.35. The van der Waals surface area contributed by atoms with E-state index in [1.807, 2.05) is 38.1 Å². The van der Waals surface area contributed by atoms with Crippen molar-refractivity contribution in [3.05, 3.63) is 54.2 Å². The Morgan fingerprint density at radius 3 is 2.44 bits per heavy atom. The van der Waals surface area contributed by atoms with Gasteiger partial charge in [-0.15, -0.1) is 0 Å². The molecule has 0 spiro atoms. The molecule has 0 aliphatic rings. The van der Waals surface area contributed by atoms with Gasteiger partial charge in [0.15, 0.2) is 6.10 Å². The molecule has 0 saturated heterocycles. The molecule has 0 fully saturated rings. The average molecular weight is 367 g/mol. The third-order valence-corrected chi connectivity index (χ3v) is 4.15. The van der Waals surface area contributed by atoms with E-state index < -0.39 is 18.0 Å². The van der Waals surface area contributed by atoms with E-state index in [9.17, 15) is 14.7 Å². The summed E-state index contributed by atoms with van der Waals surface area (Å²) in [6, 6.07) is 12.1. The Kier molecular flexibility index (Phi) is 5.12. The van der Waals surface area contributed by atoms with E-state index in [0.717, 1.165) is 10.8 Å². The molecule has 0 bridgehead atoms. The van der Waals surface area contributed by atoms with Crippen LogP contribution >= 0.6 is 0 Å². The second-order valence-corrected chi connectivity index (χ2v) is 6.51. The zero-order valence-electron chi connectivity index (χ0n) is 15.3. The number of hydrogen-bond donors (Lipinski definition) is 2. The number of amides is 1. The van der Waals surface area contributed by atoms with Crippen molar-refractivity contribution in [3.8, 4) is 5.75 Å². The first-order chi connectivity index (χ1) is 12.9. The highest BCUT2D eigenvalue weighted by molar-refractivity contribution is 6.01. The van der Waals surface area contributed by atoms with Gasteiger partial charge in [0, 0.05) is 12.1 Å². The molecule has 7 nitrogen and oxygen atoms in total. The zero-order chi connectivity index (χ0) is 19.6. The van der Waals surface area contributed by atoms with Gasteiger partial charge in [-0.2, -0.15) is 5.10 Å². The number of anilines is 1. The molecule has 1 heterocycles. The molecule has 3 rings (SSSR count). The summed E-state index contributed by atoms with van der Waals surface area (Å²) >= 11 is 0. The third-order valence-electron chi connectivity index (χ3n) is 4.15.